The van der Waals surface area contributed by atoms with Crippen LogP contribution in [0.1, 0.15) is 11.4 Å². The van der Waals surface area contributed by atoms with Crippen LogP contribution in [-0.2, 0) is 10.0 Å². The molecule has 1 aromatic heterocycles. The third kappa shape index (κ3) is 3.73. The Bertz CT molecular complexity index is 811. The van der Waals surface area contributed by atoms with Gasteiger partial charge in [-0.2, -0.15) is 0 Å². The van der Waals surface area contributed by atoms with E-state index in [9.17, 15) is 17.2 Å². The van der Waals surface area contributed by atoms with Crippen LogP contribution in [-0.4, -0.2) is 32.5 Å². The molecule has 0 radical (unpaired) electrons. The molecule has 0 bridgehead atoms. The molecule has 0 fully saturated rings. The quantitative estimate of drug-likeness (QED) is 0.922. The first-order valence-corrected chi connectivity index (χ1v) is 8.10. The van der Waals surface area contributed by atoms with Crippen molar-refractivity contribution in [1.29, 1.82) is 0 Å². The fourth-order valence-corrected chi connectivity index (χ4v) is 3.14. The van der Waals surface area contributed by atoms with Crippen molar-refractivity contribution in [3.8, 4) is 0 Å². The van der Waals surface area contributed by atoms with E-state index in [2.05, 4.69) is 14.7 Å². The smallest absolute Gasteiger partial charge is 0.262 e. The van der Waals surface area contributed by atoms with Crippen LogP contribution >= 0.6 is 0 Å². The maximum atomic E-state index is 13.2. The number of anilines is 2. The molecule has 9 heteroatoms. The van der Waals surface area contributed by atoms with Gasteiger partial charge in [0.2, 0.25) is 5.95 Å². The highest BCUT2D eigenvalue weighted by Gasteiger charge is 2.20. The Kier molecular flexibility index (Phi) is 4.51. The maximum absolute atomic E-state index is 13.2. The molecule has 0 amide bonds. The van der Waals surface area contributed by atoms with Gasteiger partial charge in [0.1, 0.15) is 11.6 Å². The van der Waals surface area contributed by atoms with Crippen molar-refractivity contribution < 1.29 is 17.2 Å². The lowest BCUT2D eigenvalue weighted by molar-refractivity contribution is 0.568. The molecule has 0 saturated heterocycles. The first kappa shape index (κ1) is 17.1. The third-order valence-electron chi connectivity index (χ3n) is 3.04. The number of hydrogen-bond acceptors (Lipinski definition) is 5. The van der Waals surface area contributed by atoms with Crippen LogP contribution in [0.2, 0.25) is 0 Å². The molecule has 0 spiro atoms. The van der Waals surface area contributed by atoms with Crippen LogP contribution < -0.4 is 9.62 Å². The van der Waals surface area contributed by atoms with Gasteiger partial charge in [-0.25, -0.2) is 27.2 Å². The highest BCUT2D eigenvalue weighted by Crippen LogP contribution is 2.24. The maximum Gasteiger partial charge on any atom is 0.262 e. The number of aromatic nitrogens is 2. The van der Waals surface area contributed by atoms with E-state index in [-0.39, 0.29) is 5.69 Å². The molecule has 0 saturated carbocycles. The Morgan fingerprint density at radius 1 is 1.00 bits per heavy atom. The lowest BCUT2D eigenvalue weighted by Gasteiger charge is -2.16. The Labute approximate surface area is 133 Å². The van der Waals surface area contributed by atoms with Gasteiger partial charge in [0, 0.05) is 20.2 Å². The minimum absolute atomic E-state index is 0.181. The molecule has 0 atom stereocenters. The summed E-state index contributed by atoms with van der Waals surface area (Å²) in [5.41, 5.74) is 0.989. The van der Waals surface area contributed by atoms with Crippen molar-refractivity contribution >= 4 is 21.7 Å². The Balaban J connectivity index is 2.45. The number of benzene rings is 1. The average molecular weight is 342 g/mol. The van der Waals surface area contributed by atoms with E-state index >= 15 is 0 Å². The largest absolute Gasteiger partial charge is 0.347 e. The first-order valence-electron chi connectivity index (χ1n) is 6.61. The monoisotopic (exact) mass is 342 g/mol. The normalized spacial score (nSPS) is 11.4. The van der Waals surface area contributed by atoms with Crippen LogP contribution in [0.4, 0.5) is 20.4 Å². The zero-order chi connectivity index (χ0) is 17.4. The van der Waals surface area contributed by atoms with Gasteiger partial charge in [-0.15, -0.1) is 0 Å². The standard InChI is InChI=1S/C14H16F2N4O2S/c1-8-13(9(2)18-14(17-8)20(3)4)19-23(21,22)12-6-10(15)5-11(16)7-12/h5-7,19H,1-4H3. The van der Waals surface area contributed by atoms with Crippen molar-refractivity contribution in [1.82, 2.24) is 9.97 Å². The summed E-state index contributed by atoms with van der Waals surface area (Å²) in [7, 11) is -0.645. The Hall–Kier alpha value is -2.29. The number of hydrogen-bond donors (Lipinski definition) is 1. The van der Waals surface area contributed by atoms with Crippen LogP contribution in [0.3, 0.4) is 0 Å². The summed E-state index contributed by atoms with van der Waals surface area (Å²) in [4.78, 5) is 9.54. The highest BCUT2D eigenvalue weighted by atomic mass is 32.2. The molecule has 2 aromatic rings. The lowest BCUT2D eigenvalue weighted by Crippen LogP contribution is -2.19. The minimum Gasteiger partial charge on any atom is -0.347 e. The highest BCUT2D eigenvalue weighted by molar-refractivity contribution is 7.92. The van der Waals surface area contributed by atoms with Crippen LogP contribution in [0.25, 0.3) is 0 Å². The van der Waals surface area contributed by atoms with Gasteiger partial charge < -0.3 is 4.90 Å². The molecule has 1 N–H and O–H groups in total. The summed E-state index contributed by atoms with van der Waals surface area (Å²) in [5.74, 6) is -1.52. The predicted molar refractivity (Wildman–Crippen MR) is 83.0 cm³/mol. The van der Waals surface area contributed by atoms with Crippen molar-refractivity contribution in [3.63, 3.8) is 0 Å². The third-order valence-corrected chi connectivity index (χ3v) is 4.37. The number of nitrogens with zero attached hydrogens (tertiary/aromatic N) is 3. The van der Waals surface area contributed by atoms with Crippen molar-refractivity contribution in [2.24, 2.45) is 0 Å². The van der Waals surface area contributed by atoms with Gasteiger partial charge in [-0.3, -0.25) is 4.72 Å². The van der Waals surface area contributed by atoms with Crippen LogP contribution in [0, 0.1) is 25.5 Å². The van der Waals surface area contributed by atoms with Gasteiger partial charge in [-0.1, -0.05) is 0 Å². The fraction of sp³-hybridized carbons (Fsp3) is 0.286. The summed E-state index contributed by atoms with van der Waals surface area (Å²) in [6.45, 7) is 3.23. The van der Waals surface area contributed by atoms with Crippen molar-refractivity contribution in [2.75, 3.05) is 23.7 Å². The lowest BCUT2D eigenvalue weighted by atomic mass is 10.3. The number of nitrogens with one attached hydrogen (secondary N) is 1. The number of rotatable bonds is 4. The van der Waals surface area contributed by atoms with E-state index in [1.54, 1.807) is 32.8 Å². The molecular weight excluding hydrogens is 326 g/mol. The molecule has 0 unspecified atom stereocenters. The number of aryl methyl sites for hydroxylation is 2. The molecular formula is C14H16F2N4O2S. The number of halogens is 2. The fourth-order valence-electron chi connectivity index (χ4n) is 1.92. The topological polar surface area (TPSA) is 75.2 Å². The van der Waals surface area contributed by atoms with E-state index in [4.69, 9.17) is 0 Å². The van der Waals surface area contributed by atoms with E-state index in [1.165, 1.54) is 0 Å². The Morgan fingerprint density at radius 3 is 1.91 bits per heavy atom. The van der Waals surface area contributed by atoms with Crippen molar-refractivity contribution in [3.05, 3.63) is 41.2 Å². The molecule has 1 aromatic carbocycles. The summed E-state index contributed by atoms with van der Waals surface area (Å²) in [6.07, 6.45) is 0. The summed E-state index contributed by atoms with van der Waals surface area (Å²) in [6, 6.07) is 2.08. The van der Waals surface area contributed by atoms with E-state index in [1.807, 2.05) is 0 Å². The molecule has 0 aliphatic carbocycles. The summed E-state index contributed by atoms with van der Waals surface area (Å²) >= 11 is 0. The summed E-state index contributed by atoms with van der Waals surface area (Å²) in [5, 5.41) is 0. The minimum atomic E-state index is -4.16. The molecule has 23 heavy (non-hydrogen) atoms. The summed E-state index contributed by atoms with van der Waals surface area (Å²) < 4.78 is 53.4. The van der Waals surface area contributed by atoms with Gasteiger partial charge in [0.15, 0.2) is 0 Å². The van der Waals surface area contributed by atoms with E-state index in [0.717, 1.165) is 12.1 Å². The van der Waals surface area contributed by atoms with E-state index in [0.29, 0.717) is 23.4 Å². The van der Waals surface area contributed by atoms with Crippen LogP contribution in [0.5, 0.6) is 0 Å². The average Bonchev–Trinajstić information content (AvgIpc) is 2.41. The first-order chi connectivity index (χ1) is 10.6. The molecule has 124 valence electrons. The van der Waals surface area contributed by atoms with Crippen LogP contribution in [0.15, 0.2) is 23.1 Å². The van der Waals surface area contributed by atoms with Gasteiger partial charge >= 0.3 is 0 Å². The molecule has 2 rings (SSSR count). The molecule has 0 aliphatic heterocycles. The Morgan fingerprint density at radius 2 is 1.48 bits per heavy atom. The number of sulfonamides is 1. The van der Waals surface area contributed by atoms with Gasteiger partial charge in [-0.05, 0) is 26.0 Å². The van der Waals surface area contributed by atoms with E-state index < -0.39 is 26.6 Å². The van der Waals surface area contributed by atoms with Crippen molar-refractivity contribution in [2.45, 2.75) is 18.7 Å². The molecule has 0 aliphatic rings. The molecule has 6 nitrogen and oxygen atoms in total. The second kappa shape index (κ2) is 6.07. The molecule has 1 heterocycles. The zero-order valence-corrected chi connectivity index (χ0v) is 13.9. The second-order valence-corrected chi connectivity index (χ2v) is 6.86. The van der Waals surface area contributed by atoms with Gasteiger partial charge in [0.05, 0.1) is 22.0 Å². The van der Waals surface area contributed by atoms with Gasteiger partial charge in [0.25, 0.3) is 10.0 Å². The zero-order valence-electron chi connectivity index (χ0n) is 13.1. The second-order valence-electron chi connectivity index (χ2n) is 5.17. The predicted octanol–water partition coefficient (Wildman–Crippen LogP) is 2.24. The SMILES string of the molecule is Cc1nc(N(C)C)nc(C)c1NS(=O)(=O)c1cc(F)cc(F)c1.